The quantitative estimate of drug-likeness (QED) is 0.600. The molecule has 4 rings (SSSR count). The fourth-order valence-electron chi connectivity index (χ4n) is 3.54. The van der Waals surface area contributed by atoms with Crippen molar-refractivity contribution >= 4 is 29.7 Å². The van der Waals surface area contributed by atoms with Crippen molar-refractivity contribution in [1.82, 2.24) is 15.0 Å². The largest absolute Gasteiger partial charge is 0.387 e. The summed E-state index contributed by atoms with van der Waals surface area (Å²) in [6.07, 6.45) is 9.97. The first-order valence-electron chi connectivity index (χ1n) is 10.9. The fraction of sp³-hybridized carbons (Fsp3) is 0.292. The number of fused-ring (bicyclic) bond motifs is 1. The van der Waals surface area contributed by atoms with Crippen LogP contribution in [0.3, 0.4) is 0 Å². The Morgan fingerprint density at radius 1 is 1.21 bits per heavy atom. The average Bonchev–Trinajstić information content (AvgIpc) is 3.29. The summed E-state index contributed by atoms with van der Waals surface area (Å²) in [5.74, 6) is 0.734. The zero-order valence-electron chi connectivity index (χ0n) is 18.6. The highest BCUT2D eigenvalue weighted by atomic mass is 16.7. The second-order valence-corrected chi connectivity index (χ2v) is 7.81. The molecule has 0 spiro atoms. The first kappa shape index (κ1) is 22.5. The van der Waals surface area contributed by atoms with E-state index in [1.807, 2.05) is 37.3 Å². The van der Waals surface area contributed by atoms with Crippen LogP contribution in [0.4, 0.5) is 5.69 Å². The molecule has 9 heteroatoms. The molecule has 0 fully saturated rings. The molecule has 9 nitrogen and oxygen atoms in total. The number of allylic oxidation sites excluding steroid dienone is 1. The van der Waals surface area contributed by atoms with Gasteiger partial charge in [0.15, 0.2) is 0 Å². The van der Waals surface area contributed by atoms with Gasteiger partial charge in [0.05, 0.1) is 25.4 Å². The lowest BCUT2D eigenvalue weighted by molar-refractivity contribution is -0.178. The second kappa shape index (κ2) is 10.3. The number of amides is 1. The van der Waals surface area contributed by atoms with Gasteiger partial charge in [0, 0.05) is 48.3 Å². The number of rotatable bonds is 8. The summed E-state index contributed by atoms with van der Waals surface area (Å²) in [4.78, 5) is 36.3. The first-order valence-corrected chi connectivity index (χ1v) is 10.9. The molecule has 4 N–H and O–H groups in total. The number of hydroxylamine groups is 2. The molecule has 2 aromatic rings. The number of nitrogens with zero attached hydrogens (tertiary/aromatic N) is 5. The number of carbonyl (C=O) groups excluding carboxylic acids is 1. The van der Waals surface area contributed by atoms with Crippen molar-refractivity contribution in [2.24, 2.45) is 21.5 Å². The van der Waals surface area contributed by atoms with Crippen molar-refractivity contribution in [3.05, 3.63) is 59.2 Å². The molecular weight excluding hydrogens is 418 g/mol. The lowest BCUT2D eigenvalue weighted by Crippen LogP contribution is -2.34. The Morgan fingerprint density at radius 2 is 2.03 bits per heavy atom. The van der Waals surface area contributed by atoms with Crippen LogP contribution in [-0.4, -0.2) is 52.7 Å². The molecular formula is C24H27N7O2. The lowest BCUT2D eigenvalue weighted by Gasteiger charge is -2.22. The van der Waals surface area contributed by atoms with Gasteiger partial charge < -0.3 is 11.5 Å². The SMILES string of the molecule is CCCN(OCC1=CC=NC1)C(=O)C1=Cc2ccc(-c3cnc(CN)nc3)cc2N=C(N)C1. The van der Waals surface area contributed by atoms with Gasteiger partial charge in [-0.05, 0) is 35.8 Å². The Morgan fingerprint density at radius 3 is 2.73 bits per heavy atom. The predicted octanol–water partition coefficient (Wildman–Crippen LogP) is 2.56. The molecule has 0 atom stereocenters. The Labute approximate surface area is 192 Å². The zero-order valence-corrected chi connectivity index (χ0v) is 18.6. The van der Waals surface area contributed by atoms with E-state index in [0.29, 0.717) is 42.6 Å². The summed E-state index contributed by atoms with van der Waals surface area (Å²) in [6.45, 7) is 3.70. The van der Waals surface area contributed by atoms with Crippen molar-refractivity contribution in [3.8, 4) is 11.1 Å². The van der Waals surface area contributed by atoms with E-state index in [1.165, 1.54) is 5.06 Å². The van der Waals surface area contributed by atoms with E-state index in [2.05, 4.69) is 20.0 Å². The van der Waals surface area contributed by atoms with Gasteiger partial charge in [-0.3, -0.25) is 14.6 Å². The van der Waals surface area contributed by atoms with Crippen LogP contribution in [0.2, 0.25) is 0 Å². The lowest BCUT2D eigenvalue weighted by atomic mass is 10.0. The van der Waals surface area contributed by atoms with E-state index in [0.717, 1.165) is 28.7 Å². The van der Waals surface area contributed by atoms with Crippen LogP contribution < -0.4 is 11.5 Å². The third-order valence-electron chi connectivity index (χ3n) is 5.26. The van der Waals surface area contributed by atoms with E-state index < -0.39 is 0 Å². The summed E-state index contributed by atoms with van der Waals surface area (Å²) in [5.41, 5.74) is 16.6. The van der Waals surface area contributed by atoms with E-state index in [-0.39, 0.29) is 18.9 Å². The van der Waals surface area contributed by atoms with Crippen molar-refractivity contribution in [2.45, 2.75) is 26.3 Å². The third kappa shape index (κ3) is 5.39. The molecule has 0 saturated carbocycles. The number of benzene rings is 1. The highest BCUT2D eigenvalue weighted by molar-refractivity contribution is 6.05. The highest BCUT2D eigenvalue weighted by Gasteiger charge is 2.23. The van der Waals surface area contributed by atoms with Gasteiger partial charge in [-0.2, -0.15) is 0 Å². The van der Waals surface area contributed by atoms with Gasteiger partial charge in [0.25, 0.3) is 5.91 Å². The molecule has 170 valence electrons. The van der Waals surface area contributed by atoms with Crippen LogP contribution in [0.1, 0.15) is 31.2 Å². The maximum absolute atomic E-state index is 13.3. The summed E-state index contributed by atoms with van der Waals surface area (Å²) < 4.78 is 0. The summed E-state index contributed by atoms with van der Waals surface area (Å²) in [5, 5.41) is 1.41. The van der Waals surface area contributed by atoms with Crippen molar-refractivity contribution < 1.29 is 9.63 Å². The van der Waals surface area contributed by atoms with Crippen molar-refractivity contribution in [3.63, 3.8) is 0 Å². The van der Waals surface area contributed by atoms with Gasteiger partial charge >= 0.3 is 0 Å². The Kier molecular flexibility index (Phi) is 7.01. The Balaban J connectivity index is 1.58. The number of amidine groups is 1. The van der Waals surface area contributed by atoms with E-state index in [1.54, 1.807) is 18.6 Å². The molecule has 1 aromatic heterocycles. The van der Waals surface area contributed by atoms with Crippen LogP contribution in [0, 0.1) is 0 Å². The first-order chi connectivity index (χ1) is 16.1. The smallest absolute Gasteiger partial charge is 0.273 e. The fourth-order valence-corrected chi connectivity index (χ4v) is 3.54. The minimum absolute atomic E-state index is 0.211. The molecule has 0 radical (unpaired) electrons. The van der Waals surface area contributed by atoms with Crippen LogP contribution in [0.25, 0.3) is 17.2 Å². The normalized spacial score (nSPS) is 14.8. The molecule has 0 saturated heterocycles. The van der Waals surface area contributed by atoms with Crippen LogP contribution in [0.15, 0.2) is 57.8 Å². The topological polar surface area (TPSA) is 132 Å². The summed E-state index contributed by atoms with van der Waals surface area (Å²) in [6, 6.07) is 5.78. The van der Waals surface area contributed by atoms with Gasteiger partial charge in [-0.25, -0.2) is 20.0 Å². The molecule has 0 unspecified atom stereocenters. The zero-order chi connectivity index (χ0) is 23.2. The van der Waals surface area contributed by atoms with Gasteiger partial charge in [0.1, 0.15) is 11.7 Å². The van der Waals surface area contributed by atoms with Crippen LogP contribution in [0.5, 0.6) is 0 Å². The molecule has 1 amide bonds. The van der Waals surface area contributed by atoms with Crippen molar-refractivity contribution in [1.29, 1.82) is 0 Å². The molecule has 0 bridgehead atoms. The molecule has 1 aromatic carbocycles. The molecule has 33 heavy (non-hydrogen) atoms. The number of hydrogen-bond acceptors (Lipinski definition) is 8. The average molecular weight is 446 g/mol. The Hall–Kier alpha value is -3.69. The van der Waals surface area contributed by atoms with E-state index in [9.17, 15) is 4.79 Å². The second-order valence-electron chi connectivity index (χ2n) is 7.81. The maximum Gasteiger partial charge on any atom is 0.273 e. The molecule has 2 aliphatic heterocycles. The van der Waals surface area contributed by atoms with Crippen LogP contribution >= 0.6 is 0 Å². The molecule has 3 heterocycles. The minimum Gasteiger partial charge on any atom is -0.387 e. The predicted molar refractivity (Wildman–Crippen MR) is 129 cm³/mol. The molecule has 2 aliphatic rings. The van der Waals surface area contributed by atoms with Gasteiger partial charge in [-0.1, -0.05) is 19.1 Å². The molecule has 0 aliphatic carbocycles. The number of hydrogen-bond donors (Lipinski definition) is 2. The van der Waals surface area contributed by atoms with Gasteiger partial charge in [-0.15, -0.1) is 0 Å². The van der Waals surface area contributed by atoms with Gasteiger partial charge in [0.2, 0.25) is 0 Å². The van der Waals surface area contributed by atoms with E-state index >= 15 is 0 Å². The monoisotopic (exact) mass is 445 g/mol. The highest BCUT2D eigenvalue weighted by Crippen LogP contribution is 2.31. The van der Waals surface area contributed by atoms with Crippen molar-refractivity contribution in [2.75, 3.05) is 19.7 Å². The number of carbonyl (C=O) groups is 1. The maximum atomic E-state index is 13.3. The summed E-state index contributed by atoms with van der Waals surface area (Å²) >= 11 is 0. The number of aromatic nitrogens is 2. The van der Waals surface area contributed by atoms with E-state index in [4.69, 9.17) is 16.3 Å². The standard InChI is InChI=1S/C24H27N7O2/c1-2-7-31(33-15-16-5-6-27-12-16)24(32)19-8-18-4-3-17(9-21(18)30-22(26)10-19)20-13-28-23(11-25)29-14-20/h3-6,8-9,13-14H,2,7,10-12,15,25H2,1H3,(H2,26,30). The minimum atomic E-state index is -0.211. The Bertz CT molecular complexity index is 1150. The number of aliphatic imine (C=N–C) groups is 2. The van der Waals surface area contributed by atoms with Crippen LogP contribution in [-0.2, 0) is 16.2 Å². The number of nitrogens with two attached hydrogens (primary N) is 2. The third-order valence-corrected chi connectivity index (χ3v) is 5.26. The summed E-state index contributed by atoms with van der Waals surface area (Å²) in [7, 11) is 0.